The lowest BCUT2D eigenvalue weighted by Gasteiger charge is -1.72. The van der Waals surface area contributed by atoms with E-state index >= 15 is 0 Å². The van der Waals surface area contributed by atoms with Crippen molar-refractivity contribution in [3.8, 4) is 0 Å². The van der Waals surface area contributed by atoms with Crippen molar-refractivity contribution < 1.29 is 0 Å². The lowest BCUT2D eigenvalue weighted by molar-refractivity contribution is 0.976. The Morgan fingerprint density at radius 3 is 0.900 bits per heavy atom. The summed E-state index contributed by atoms with van der Waals surface area (Å²) in [4.78, 5) is 0. The summed E-state index contributed by atoms with van der Waals surface area (Å²) >= 11 is 0. The quantitative estimate of drug-likeness (QED) is 0.596. The molecule has 0 aliphatic carbocycles. The van der Waals surface area contributed by atoms with Gasteiger partial charge in [0.2, 0.25) is 0 Å². The molecular formula is C8H14N2. The minimum atomic E-state index is 0.597. The van der Waals surface area contributed by atoms with Gasteiger partial charge in [-0.1, -0.05) is 36.4 Å². The maximum atomic E-state index is 4.90. The first-order chi connectivity index (χ1) is 4.91. The molecule has 0 atom stereocenters. The van der Waals surface area contributed by atoms with Crippen molar-refractivity contribution in [3.63, 3.8) is 0 Å². The van der Waals surface area contributed by atoms with Crippen molar-refractivity contribution in [2.75, 3.05) is 13.1 Å². The molecule has 56 valence electrons. The third kappa shape index (κ3) is 7.14. The molecule has 2 heteroatoms. The summed E-state index contributed by atoms with van der Waals surface area (Å²) in [6.45, 7) is 1.19. The summed E-state index contributed by atoms with van der Waals surface area (Å²) in [6, 6.07) is 12.0. The van der Waals surface area contributed by atoms with Gasteiger partial charge in [-0.15, -0.1) is 0 Å². The molecule has 1 rings (SSSR count). The molecule has 0 aromatic heterocycles. The fourth-order valence-corrected chi connectivity index (χ4v) is 0.385. The van der Waals surface area contributed by atoms with E-state index in [0.717, 1.165) is 0 Å². The van der Waals surface area contributed by atoms with E-state index in [1.165, 1.54) is 0 Å². The molecular weight excluding hydrogens is 124 g/mol. The van der Waals surface area contributed by atoms with Gasteiger partial charge >= 0.3 is 0 Å². The molecule has 4 N–H and O–H groups in total. The highest BCUT2D eigenvalue weighted by atomic mass is 14.6. The monoisotopic (exact) mass is 138 g/mol. The molecule has 0 bridgehead atoms. The summed E-state index contributed by atoms with van der Waals surface area (Å²) in [5.41, 5.74) is 9.81. The van der Waals surface area contributed by atoms with Crippen LogP contribution in [0.3, 0.4) is 0 Å². The SMILES string of the molecule is NCCN.c1ccccc1. The van der Waals surface area contributed by atoms with Crippen LogP contribution in [0.4, 0.5) is 0 Å². The highest BCUT2D eigenvalue weighted by Crippen LogP contribution is 1.79. The first-order valence-electron chi connectivity index (χ1n) is 3.32. The maximum Gasteiger partial charge on any atom is 0.00461 e. The Kier molecular flexibility index (Phi) is 7.44. The number of rotatable bonds is 1. The largest absolute Gasteiger partial charge is 0.329 e. The van der Waals surface area contributed by atoms with Gasteiger partial charge in [0, 0.05) is 13.1 Å². The molecule has 0 amide bonds. The van der Waals surface area contributed by atoms with E-state index in [2.05, 4.69) is 0 Å². The zero-order chi connectivity index (χ0) is 7.66. The fraction of sp³-hybridized carbons (Fsp3) is 0.250. The van der Waals surface area contributed by atoms with Gasteiger partial charge in [0.1, 0.15) is 0 Å². The van der Waals surface area contributed by atoms with Crippen molar-refractivity contribution in [2.45, 2.75) is 0 Å². The second-order valence-corrected chi connectivity index (χ2v) is 1.73. The minimum absolute atomic E-state index is 0.597. The molecule has 0 fully saturated rings. The van der Waals surface area contributed by atoms with Gasteiger partial charge in [-0.25, -0.2) is 0 Å². The van der Waals surface area contributed by atoms with Crippen molar-refractivity contribution in [3.05, 3.63) is 36.4 Å². The van der Waals surface area contributed by atoms with Crippen molar-refractivity contribution in [1.82, 2.24) is 0 Å². The topological polar surface area (TPSA) is 52.0 Å². The summed E-state index contributed by atoms with van der Waals surface area (Å²) in [6.07, 6.45) is 0. The predicted molar refractivity (Wildman–Crippen MR) is 44.6 cm³/mol. The Balaban J connectivity index is 0.000000180. The molecule has 0 saturated heterocycles. The van der Waals surface area contributed by atoms with Crippen molar-refractivity contribution in [1.29, 1.82) is 0 Å². The van der Waals surface area contributed by atoms with Gasteiger partial charge in [0.05, 0.1) is 0 Å². The molecule has 0 spiro atoms. The van der Waals surface area contributed by atoms with Gasteiger partial charge in [-0.3, -0.25) is 0 Å². The average molecular weight is 138 g/mol. The first kappa shape index (κ1) is 9.14. The Labute approximate surface area is 61.8 Å². The van der Waals surface area contributed by atoms with Gasteiger partial charge in [0.15, 0.2) is 0 Å². The van der Waals surface area contributed by atoms with E-state index in [9.17, 15) is 0 Å². The Hall–Kier alpha value is -0.860. The summed E-state index contributed by atoms with van der Waals surface area (Å²) in [5, 5.41) is 0. The van der Waals surface area contributed by atoms with Crippen molar-refractivity contribution in [2.24, 2.45) is 11.5 Å². The van der Waals surface area contributed by atoms with Crippen LogP contribution in [0.1, 0.15) is 0 Å². The smallest absolute Gasteiger partial charge is 0.00461 e. The zero-order valence-corrected chi connectivity index (χ0v) is 6.03. The van der Waals surface area contributed by atoms with Gasteiger partial charge in [-0.2, -0.15) is 0 Å². The van der Waals surface area contributed by atoms with Crippen LogP contribution in [0.2, 0.25) is 0 Å². The van der Waals surface area contributed by atoms with Crippen LogP contribution in [0.15, 0.2) is 36.4 Å². The van der Waals surface area contributed by atoms with Crippen LogP contribution < -0.4 is 11.5 Å². The van der Waals surface area contributed by atoms with Gasteiger partial charge < -0.3 is 11.5 Å². The predicted octanol–water partition coefficient (Wildman–Crippen LogP) is 0.590. The van der Waals surface area contributed by atoms with E-state index < -0.39 is 0 Å². The molecule has 0 saturated carbocycles. The fourth-order valence-electron chi connectivity index (χ4n) is 0.385. The molecule has 1 aromatic rings. The summed E-state index contributed by atoms with van der Waals surface area (Å²) in [7, 11) is 0. The normalized spacial score (nSPS) is 7.80. The van der Waals surface area contributed by atoms with E-state index in [4.69, 9.17) is 11.5 Å². The molecule has 0 unspecified atom stereocenters. The van der Waals surface area contributed by atoms with Gasteiger partial charge in [0.25, 0.3) is 0 Å². The molecule has 0 aliphatic heterocycles. The lowest BCUT2D eigenvalue weighted by Crippen LogP contribution is -2.11. The van der Waals surface area contributed by atoms with Crippen LogP contribution in [0.25, 0.3) is 0 Å². The van der Waals surface area contributed by atoms with E-state index in [-0.39, 0.29) is 0 Å². The number of nitrogens with two attached hydrogens (primary N) is 2. The van der Waals surface area contributed by atoms with Crippen LogP contribution >= 0.6 is 0 Å². The highest BCUT2D eigenvalue weighted by Gasteiger charge is 1.57. The standard InChI is InChI=1S/C6H6.C2H8N2/c1-2-4-6-5-3-1;3-1-2-4/h1-6H;1-4H2. The molecule has 1 aromatic carbocycles. The second-order valence-electron chi connectivity index (χ2n) is 1.73. The number of hydrogen-bond acceptors (Lipinski definition) is 2. The van der Waals surface area contributed by atoms with E-state index in [0.29, 0.717) is 13.1 Å². The number of hydrogen-bond donors (Lipinski definition) is 2. The lowest BCUT2D eigenvalue weighted by atomic mass is 10.4. The Bertz CT molecular complexity index is 99.2. The summed E-state index contributed by atoms with van der Waals surface area (Å²) < 4.78 is 0. The molecule has 2 nitrogen and oxygen atoms in total. The Morgan fingerprint density at radius 1 is 0.600 bits per heavy atom. The molecule has 10 heavy (non-hydrogen) atoms. The summed E-state index contributed by atoms with van der Waals surface area (Å²) in [5.74, 6) is 0. The third-order valence-electron chi connectivity index (χ3n) is 0.833. The minimum Gasteiger partial charge on any atom is -0.329 e. The zero-order valence-electron chi connectivity index (χ0n) is 6.03. The Morgan fingerprint density at radius 2 is 0.800 bits per heavy atom. The highest BCUT2D eigenvalue weighted by molar-refractivity contribution is 4.99. The van der Waals surface area contributed by atoms with Crippen LogP contribution in [0.5, 0.6) is 0 Å². The van der Waals surface area contributed by atoms with E-state index in [1.54, 1.807) is 0 Å². The molecule has 0 heterocycles. The van der Waals surface area contributed by atoms with Crippen molar-refractivity contribution >= 4 is 0 Å². The third-order valence-corrected chi connectivity index (χ3v) is 0.833. The molecule has 0 radical (unpaired) electrons. The second kappa shape index (κ2) is 8.14. The van der Waals surface area contributed by atoms with Gasteiger partial charge in [-0.05, 0) is 0 Å². The number of benzene rings is 1. The van der Waals surface area contributed by atoms with Crippen LogP contribution in [-0.2, 0) is 0 Å². The van der Waals surface area contributed by atoms with E-state index in [1.807, 2.05) is 36.4 Å². The average Bonchev–Trinajstić information content (AvgIpc) is 2.08. The van der Waals surface area contributed by atoms with Crippen LogP contribution in [0, 0.1) is 0 Å². The first-order valence-corrected chi connectivity index (χ1v) is 3.32. The molecule has 0 aliphatic rings. The van der Waals surface area contributed by atoms with Crippen LogP contribution in [-0.4, -0.2) is 13.1 Å². The maximum absolute atomic E-state index is 4.90.